The Kier molecular flexibility index (Phi) is 5.38. The summed E-state index contributed by atoms with van der Waals surface area (Å²) in [5.41, 5.74) is -2.56. The molecule has 0 aliphatic rings. The van der Waals surface area contributed by atoms with Crippen LogP contribution in [0.2, 0.25) is 0 Å². The number of nitrogens with one attached hydrogen (secondary N) is 1. The molecule has 0 aliphatic carbocycles. The normalized spacial score (nSPS) is 12.3. The quantitative estimate of drug-likeness (QED) is 0.427. The third-order valence-electron chi connectivity index (χ3n) is 4.86. The number of carbonyl (C=O) groups is 1. The van der Waals surface area contributed by atoms with Crippen LogP contribution in [0.3, 0.4) is 0 Å². The number of para-hydroxylation sites is 2. The van der Waals surface area contributed by atoms with Crippen LogP contribution in [0.15, 0.2) is 54.7 Å². The van der Waals surface area contributed by atoms with E-state index in [4.69, 9.17) is 0 Å². The first kappa shape index (κ1) is 22.4. The Hall–Kier alpha value is -3.83. The van der Waals surface area contributed by atoms with Crippen molar-refractivity contribution in [3.8, 4) is 5.69 Å². The van der Waals surface area contributed by atoms with Crippen molar-refractivity contribution < 1.29 is 31.1 Å². The summed E-state index contributed by atoms with van der Waals surface area (Å²) in [6.45, 7) is -0.125. The highest BCUT2D eigenvalue weighted by Crippen LogP contribution is 2.36. The second-order valence-corrected chi connectivity index (χ2v) is 7.23. The number of halogens is 6. The maximum Gasteiger partial charge on any atom is 0.434 e. The summed E-state index contributed by atoms with van der Waals surface area (Å²) >= 11 is 0. The van der Waals surface area contributed by atoms with Gasteiger partial charge < -0.3 is 9.88 Å². The fourth-order valence-electron chi connectivity index (χ4n) is 3.37. The average molecular weight is 467 g/mol. The van der Waals surface area contributed by atoms with E-state index in [0.29, 0.717) is 29.1 Å². The third-order valence-corrected chi connectivity index (χ3v) is 4.86. The first-order valence-corrected chi connectivity index (χ1v) is 9.47. The van der Waals surface area contributed by atoms with Crippen LogP contribution >= 0.6 is 0 Å². The van der Waals surface area contributed by atoms with Gasteiger partial charge in [-0.05, 0) is 30.3 Å². The molecule has 0 bridgehead atoms. The lowest BCUT2D eigenvalue weighted by Gasteiger charge is -2.18. The number of nitrogens with zero attached hydrogens (tertiary/aromatic N) is 4. The van der Waals surface area contributed by atoms with E-state index in [0.717, 1.165) is 23.1 Å². The van der Waals surface area contributed by atoms with Gasteiger partial charge in [0.1, 0.15) is 5.82 Å². The number of alkyl halides is 6. The first-order valence-electron chi connectivity index (χ1n) is 9.47. The van der Waals surface area contributed by atoms with Gasteiger partial charge in [-0.15, -0.1) is 0 Å². The molecule has 2 aromatic heterocycles. The number of benzene rings is 2. The zero-order valence-electron chi connectivity index (χ0n) is 16.9. The summed E-state index contributed by atoms with van der Waals surface area (Å²) in [6.07, 6.45) is -9.12. The van der Waals surface area contributed by atoms with Crippen molar-refractivity contribution >= 4 is 16.9 Å². The number of fused-ring (bicyclic) bond motifs is 1. The molecule has 172 valence electrons. The summed E-state index contributed by atoms with van der Waals surface area (Å²) in [5.74, 6) is -0.660. The van der Waals surface area contributed by atoms with E-state index in [2.05, 4.69) is 15.1 Å². The molecule has 2 heterocycles. The van der Waals surface area contributed by atoms with Gasteiger partial charge in [-0.2, -0.15) is 31.4 Å². The van der Waals surface area contributed by atoms with Crippen LogP contribution < -0.4 is 0 Å². The average Bonchev–Trinajstić information content (AvgIpc) is 3.36. The minimum atomic E-state index is -5.06. The van der Waals surface area contributed by atoms with Crippen LogP contribution in [0.5, 0.6) is 0 Å². The molecule has 1 amide bonds. The summed E-state index contributed by atoms with van der Waals surface area (Å²) in [6, 6.07) is 10.3. The molecule has 4 aromatic rings. The van der Waals surface area contributed by atoms with Gasteiger partial charge in [0.15, 0.2) is 5.69 Å². The van der Waals surface area contributed by atoms with Crippen molar-refractivity contribution in [2.45, 2.75) is 18.9 Å². The van der Waals surface area contributed by atoms with Gasteiger partial charge in [0.05, 0.1) is 40.6 Å². The minimum absolute atomic E-state index is 0.125. The number of H-pyrrole nitrogens is 1. The molecule has 0 fully saturated rings. The van der Waals surface area contributed by atoms with Gasteiger partial charge in [-0.25, -0.2) is 9.67 Å². The van der Waals surface area contributed by atoms with Crippen molar-refractivity contribution in [1.82, 2.24) is 24.6 Å². The Bertz CT molecular complexity index is 1290. The van der Waals surface area contributed by atoms with Gasteiger partial charge in [-0.3, -0.25) is 4.79 Å². The van der Waals surface area contributed by atoms with Gasteiger partial charge >= 0.3 is 12.4 Å². The smallest absolute Gasteiger partial charge is 0.340 e. The fraction of sp³-hybridized carbons (Fsp3) is 0.190. The van der Waals surface area contributed by atoms with Crippen LogP contribution in [-0.4, -0.2) is 37.6 Å². The lowest BCUT2D eigenvalue weighted by atomic mass is 10.1. The molecule has 2 aromatic carbocycles. The van der Waals surface area contributed by atoms with E-state index < -0.39 is 40.8 Å². The molecule has 33 heavy (non-hydrogen) atoms. The highest BCUT2D eigenvalue weighted by atomic mass is 19.4. The molecule has 0 radical (unpaired) electrons. The highest BCUT2D eigenvalue weighted by Gasteiger charge is 2.41. The summed E-state index contributed by atoms with van der Waals surface area (Å²) in [4.78, 5) is 21.1. The van der Waals surface area contributed by atoms with Crippen LogP contribution in [-0.2, 0) is 18.9 Å². The molecule has 0 saturated heterocycles. The number of hydrogen-bond acceptors (Lipinski definition) is 3. The Morgan fingerprint density at radius 2 is 1.76 bits per heavy atom. The van der Waals surface area contributed by atoms with E-state index in [-0.39, 0.29) is 11.2 Å². The van der Waals surface area contributed by atoms with Gasteiger partial charge in [0, 0.05) is 7.05 Å². The number of rotatable bonds is 4. The SMILES string of the molecule is CN(Cc1nc2ccccc2[nH]1)C(=O)c1cnn(-c2cccc(C(F)(F)F)c2)c1C(F)(F)F. The van der Waals surface area contributed by atoms with Crippen LogP contribution in [0.25, 0.3) is 16.7 Å². The zero-order valence-corrected chi connectivity index (χ0v) is 16.9. The highest BCUT2D eigenvalue weighted by molar-refractivity contribution is 5.95. The molecule has 0 spiro atoms. The first-order chi connectivity index (χ1) is 15.4. The summed E-state index contributed by atoms with van der Waals surface area (Å²) in [7, 11) is 1.29. The van der Waals surface area contributed by atoms with E-state index in [1.165, 1.54) is 7.05 Å². The van der Waals surface area contributed by atoms with Crippen molar-refractivity contribution in [2.24, 2.45) is 0 Å². The van der Waals surface area contributed by atoms with Gasteiger partial charge in [0.2, 0.25) is 0 Å². The number of hydrogen-bond donors (Lipinski definition) is 1. The second-order valence-electron chi connectivity index (χ2n) is 7.23. The zero-order chi connectivity index (χ0) is 24.0. The summed E-state index contributed by atoms with van der Waals surface area (Å²) < 4.78 is 81.0. The predicted octanol–water partition coefficient (Wildman–Crippen LogP) is 5.06. The molecule has 0 atom stereocenters. The van der Waals surface area contributed by atoms with Crippen LogP contribution in [0.1, 0.15) is 27.4 Å². The van der Waals surface area contributed by atoms with Crippen LogP contribution in [0.4, 0.5) is 26.3 Å². The molecular formula is C21H15F6N5O. The van der Waals surface area contributed by atoms with Crippen molar-refractivity contribution in [3.05, 3.63) is 77.4 Å². The van der Waals surface area contributed by atoms with E-state index in [1.807, 2.05) is 0 Å². The fourth-order valence-corrected chi connectivity index (χ4v) is 3.37. The molecule has 6 nitrogen and oxygen atoms in total. The predicted molar refractivity (Wildman–Crippen MR) is 105 cm³/mol. The van der Waals surface area contributed by atoms with E-state index in [9.17, 15) is 31.1 Å². The molecule has 12 heteroatoms. The Morgan fingerprint density at radius 1 is 1.03 bits per heavy atom. The molecule has 0 aliphatic heterocycles. The van der Waals surface area contributed by atoms with E-state index in [1.54, 1.807) is 24.3 Å². The van der Waals surface area contributed by atoms with Gasteiger partial charge in [-0.1, -0.05) is 18.2 Å². The molecular weight excluding hydrogens is 452 g/mol. The Morgan fingerprint density at radius 3 is 2.42 bits per heavy atom. The lowest BCUT2D eigenvalue weighted by molar-refractivity contribution is -0.143. The third kappa shape index (κ3) is 4.41. The molecule has 0 saturated carbocycles. The number of carbonyl (C=O) groups excluding carboxylic acids is 1. The maximum atomic E-state index is 13.9. The maximum absolute atomic E-state index is 13.9. The second kappa shape index (κ2) is 7.94. The van der Waals surface area contributed by atoms with Crippen molar-refractivity contribution in [1.29, 1.82) is 0 Å². The van der Waals surface area contributed by atoms with Gasteiger partial charge in [0.25, 0.3) is 5.91 Å². The van der Waals surface area contributed by atoms with Crippen molar-refractivity contribution in [3.63, 3.8) is 0 Å². The monoisotopic (exact) mass is 467 g/mol. The van der Waals surface area contributed by atoms with Crippen LogP contribution in [0, 0.1) is 0 Å². The Balaban J connectivity index is 1.69. The topological polar surface area (TPSA) is 66.8 Å². The minimum Gasteiger partial charge on any atom is -0.340 e. The lowest BCUT2D eigenvalue weighted by Crippen LogP contribution is -2.29. The molecule has 1 N–H and O–H groups in total. The largest absolute Gasteiger partial charge is 0.434 e. The van der Waals surface area contributed by atoms with E-state index >= 15 is 0 Å². The molecule has 0 unspecified atom stereocenters. The standard InChI is InChI=1S/C21H15F6N5O/c1-31(11-17-29-15-7-2-3-8-16(15)30-17)19(33)14-10-28-32(18(14)21(25,26)27)13-6-4-5-12(9-13)20(22,23)24/h2-10H,11H2,1H3,(H,29,30). The number of aromatic nitrogens is 4. The Labute approximate surface area is 182 Å². The van der Waals surface area contributed by atoms with Crippen molar-refractivity contribution in [2.75, 3.05) is 7.05 Å². The number of aromatic amines is 1. The number of amides is 1. The summed E-state index contributed by atoms with van der Waals surface area (Å²) in [5, 5.41) is 3.58. The number of imidazole rings is 1. The molecule has 4 rings (SSSR count).